The second-order valence-corrected chi connectivity index (χ2v) is 15.0. The Morgan fingerprint density at radius 1 is 0.283 bits per heavy atom. The highest BCUT2D eigenvalue weighted by Gasteiger charge is 2.17. The number of hydrogen-bond acceptors (Lipinski definition) is 4. The first-order valence-electron chi connectivity index (χ1n) is 15.4. The molecule has 0 spiro atoms. The van der Waals surface area contributed by atoms with E-state index in [-0.39, 0.29) is 0 Å². The van der Waals surface area contributed by atoms with E-state index in [4.69, 9.17) is 0 Å². The van der Waals surface area contributed by atoms with E-state index in [2.05, 4.69) is 157 Å². The van der Waals surface area contributed by atoms with Crippen molar-refractivity contribution in [2.45, 2.75) is 0 Å². The molecule has 216 valence electrons. The largest absolute Gasteiger partial charge is 0.310 e. The molecule has 7 aromatic carbocycles. The first-order chi connectivity index (χ1) is 22.8. The number of anilines is 3. The van der Waals surface area contributed by atoms with Crippen molar-refractivity contribution in [3.63, 3.8) is 0 Å². The predicted octanol–water partition coefficient (Wildman–Crippen LogP) is 13.9. The van der Waals surface area contributed by atoms with E-state index in [0.29, 0.717) is 0 Å². The van der Waals surface area contributed by atoms with Crippen LogP contribution in [0, 0.1) is 0 Å². The second-order valence-electron chi connectivity index (χ2n) is 11.7. The lowest BCUT2D eigenvalue weighted by Crippen LogP contribution is -2.09. The highest BCUT2D eigenvalue weighted by molar-refractivity contribution is 7.26. The van der Waals surface area contributed by atoms with Crippen molar-refractivity contribution < 1.29 is 0 Å². The normalized spacial score (nSPS) is 11.9. The SMILES string of the molecule is c1ccc2c(c1)sc1ccc(-c3ccc(N(c4ccc5sc6ccccc6c5c4)c4ccc5sc6ccccc6c5c4)cc3)cc12. The average molecular weight is 640 g/mol. The molecule has 46 heavy (non-hydrogen) atoms. The van der Waals surface area contributed by atoms with Gasteiger partial charge in [0.2, 0.25) is 0 Å². The Kier molecular flexibility index (Phi) is 5.85. The lowest BCUT2D eigenvalue weighted by molar-refractivity contribution is 1.30. The molecule has 0 bridgehead atoms. The highest BCUT2D eigenvalue weighted by atomic mass is 32.1. The van der Waals surface area contributed by atoms with Gasteiger partial charge in [-0.25, -0.2) is 0 Å². The molecule has 3 aromatic heterocycles. The smallest absolute Gasteiger partial charge is 0.0468 e. The Morgan fingerprint density at radius 2 is 0.652 bits per heavy atom. The van der Waals surface area contributed by atoms with Crippen LogP contribution in [0.5, 0.6) is 0 Å². The third-order valence-electron chi connectivity index (χ3n) is 9.07. The molecule has 10 rings (SSSR count). The fourth-order valence-corrected chi connectivity index (χ4v) is 10.1. The maximum Gasteiger partial charge on any atom is 0.0468 e. The van der Waals surface area contributed by atoms with Crippen molar-refractivity contribution in [2.75, 3.05) is 4.90 Å². The monoisotopic (exact) mass is 639 g/mol. The van der Waals surface area contributed by atoms with E-state index in [1.54, 1.807) is 0 Å². The zero-order valence-electron chi connectivity index (χ0n) is 24.6. The number of fused-ring (bicyclic) bond motifs is 9. The van der Waals surface area contributed by atoms with Gasteiger partial charge in [0, 0.05) is 77.6 Å². The summed E-state index contributed by atoms with van der Waals surface area (Å²) in [6.45, 7) is 0. The summed E-state index contributed by atoms with van der Waals surface area (Å²) in [6.07, 6.45) is 0. The molecule has 10 aromatic rings. The van der Waals surface area contributed by atoms with Gasteiger partial charge < -0.3 is 4.90 Å². The molecule has 0 unspecified atom stereocenters. The number of thiophene rings is 3. The molecule has 0 N–H and O–H groups in total. The number of benzene rings is 7. The quantitative estimate of drug-likeness (QED) is 0.185. The van der Waals surface area contributed by atoms with Gasteiger partial charge in [-0.3, -0.25) is 0 Å². The Morgan fingerprint density at radius 3 is 1.15 bits per heavy atom. The molecule has 3 heterocycles. The molecular formula is C42H25NS3. The molecule has 0 fully saturated rings. The molecule has 0 atom stereocenters. The fraction of sp³-hybridized carbons (Fsp3) is 0. The fourth-order valence-electron chi connectivity index (χ4n) is 6.86. The Balaban J connectivity index is 1.13. The molecule has 0 aliphatic rings. The molecule has 0 saturated heterocycles. The van der Waals surface area contributed by atoms with E-state index in [1.165, 1.54) is 71.6 Å². The van der Waals surface area contributed by atoms with E-state index in [0.717, 1.165) is 17.1 Å². The Labute approximate surface area is 277 Å². The molecule has 0 saturated carbocycles. The van der Waals surface area contributed by atoms with Crippen molar-refractivity contribution in [3.05, 3.63) is 152 Å². The molecule has 0 aliphatic heterocycles. The first kappa shape index (κ1) is 26.2. The summed E-state index contributed by atoms with van der Waals surface area (Å²) in [5.41, 5.74) is 5.93. The van der Waals surface area contributed by atoms with Crippen molar-refractivity contribution in [3.8, 4) is 11.1 Å². The summed E-state index contributed by atoms with van der Waals surface area (Å²) in [5.74, 6) is 0. The summed E-state index contributed by atoms with van der Waals surface area (Å²) in [5, 5.41) is 7.90. The second kappa shape index (κ2) is 10.3. The molecule has 4 heteroatoms. The average Bonchev–Trinajstić information content (AvgIpc) is 3.79. The first-order valence-corrected chi connectivity index (χ1v) is 17.9. The minimum Gasteiger partial charge on any atom is -0.310 e. The molecule has 0 amide bonds. The van der Waals surface area contributed by atoms with Crippen LogP contribution in [0.2, 0.25) is 0 Å². The summed E-state index contributed by atoms with van der Waals surface area (Å²) in [4.78, 5) is 2.41. The third kappa shape index (κ3) is 4.11. The summed E-state index contributed by atoms with van der Waals surface area (Å²) >= 11 is 5.59. The van der Waals surface area contributed by atoms with Gasteiger partial charge in [0.15, 0.2) is 0 Å². The zero-order valence-corrected chi connectivity index (χ0v) is 27.1. The van der Waals surface area contributed by atoms with Crippen LogP contribution in [0.4, 0.5) is 17.1 Å². The lowest BCUT2D eigenvalue weighted by atomic mass is 10.0. The van der Waals surface area contributed by atoms with E-state index in [9.17, 15) is 0 Å². The van der Waals surface area contributed by atoms with E-state index < -0.39 is 0 Å². The van der Waals surface area contributed by atoms with Gasteiger partial charge in [0.05, 0.1) is 0 Å². The minimum absolute atomic E-state index is 1.14. The van der Waals surface area contributed by atoms with Crippen LogP contribution in [-0.2, 0) is 0 Å². The molecule has 1 nitrogen and oxygen atoms in total. The zero-order chi connectivity index (χ0) is 30.2. The molecular weight excluding hydrogens is 615 g/mol. The number of nitrogens with zero attached hydrogens (tertiary/aromatic N) is 1. The van der Waals surface area contributed by atoms with Crippen molar-refractivity contribution in [1.29, 1.82) is 0 Å². The summed E-state index contributed by atoms with van der Waals surface area (Å²) in [6, 6.07) is 56.0. The van der Waals surface area contributed by atoms with Crippen LogP contribution in [0.3, 0.4) is 0 Å². The van der Waals surface area contributed by atoms with Crippen molar-refractivity contribution in [2.24, 2.45) is 0 Å². The predicted molar refractivity (Wildman–Crippen MR) is 205 cm³/mol. The van der Waals surface area contributed by atoms with Crippen molar-refractivity contribution >= 4 is 112 Å². The summed E-state index contributed by atoms with van der Waals surface area (Å²) < 4.78 is 7.96. The van der Waals surface area contributed by atoms with Crippen LogP contribution < -0.4 is 4.90 Å². The van der Waals surface area contributed by atoms with Crippen LogP contribution in [0.25, 0.3) is 71.6 Å². The van der Waals surface area contributed by atoms with Crippen LogP contribution in [0.15, 0.2) is 152 Å². The van der Waals surface area contributed by atoms with Crippen LogP contribution >= 0.6 is 34.0 Å². The molecule has 0 radical (unpaired) electrons. The van der Waals surface area contributed by atoms with Gasteiger partial charge in [-0.15, -0.1) is 34.0 Å². The maximum absolute atomic E-state index is 2.41. The van der Waals surface area contributed by atoms with Gasteiger partial charge in [-0.05, 0) is 90.0 Å². The van der Waals surface area contributed by atoms with E-state index >= 15 is 0 Å². The van der Waals surface area contributed by atoms with Crippen molar-refractivity contribution in [1.82, 2.24) is 0 Å². The van der Waals surface area contributed by atoms with E-state index in [1.807, 2.05) is 34.0 Å². The topological polar surface area (TPSA) is 3.24 Å². The number of rotatable bonds is 4. The van der Waals surface area contributed by atoms with Gasteiger partial charge in [-0.2, -0.15) is 0 Å². The Bertz CT molecular complexity index is 2650. The summed E-state index contributed by atoms with van der Waals surface area (Å²) in [7, 11) is 0. The lowest BCUT2D eigenvalue weighted by Gasteiger charge is -2.26. The van der Waals surface area contributed by atoms with Gasteiger partial charge in [0.25, 0.3) is 0 Å². The highest BCUT2D eigenvalue weighted by Crippen LogP contribution is 2.44. The van der Waals surface area contributed by atoms with Crippen LogP contribution in [-0.4, -0.2) is 0 Å². The number of hydrogen-bond donors (Lipinski definition) is 0. The van der Waals surface area contributed by atoms with Crippen LogP contribution in [0.1, 0.15) is 0 Å². The minimum atomic E-state index is 1.14. The van der Waals surface area contributed by atoms with Gasteiger partial charge in [-0.1, -0.05) is 72.8 Å². The van der Waals surface area contributed by atoms with Gasteiger partial charge in [0.1, 0.15) is 0 Å². The Hall–Kier alpha value is -5.00. The standard InChI is InChI=1S/C42H25NS3/c1-4-10-37-31(7-1)34-23-27(15-20-40(34)44-37)26-13-16-28(17-14-26)43(29-18-21-41-35(24-29)32-8-2-5-11-38(32)45-41)30-19-22-42-36(25-30)33-9-3-6-12-39(33)46-42/h1-25H. The maximum atomic E-state index is 2.41. The molecule has 0 aliphatic carbocycles. The third-order valence-corrected chi connectivity index (χ3v) is 12.5. The van der Waals surface area contributed by atoms with Gasteiger partial charge >= 0.3 is 0 Å².